The van der Waals surface area contributed by atoms with Crippen LogP contribution in [0.3, 0.4) is 0 Å². The average molecular weight is 441 g/mol. The number of nitrogens with zero attached hydrogens (tertiary/aromatic N) is 5. The van der Waals surface area contributed by atoms with Crippen molar-refractivity contribution < 1.29 is 13.7 Å². The van der Waals surface area contributed by atoms with Crippen molar-refractivity contribution in [3.63, 3.8) is 0 Å². The number of halogens is 1. The molecule has 2 N–H and O–H groups in total. The van der Waals surface area contributed by atoms with Gasteiger partial charge in [-0.25, -0.2) is 9.07 Å². The van der Waals surface area contributed by atoms with Gasteiger partial charge < -0.3 is 15.1 Å². The van der Waals surface area contributed by atoms with E-state index in [4.69, 9.17) is 15.1 Å². The fourth-order valence-corrected chi connectivity index (χ4v) is 3.50. The first kappa shape index (κ1) is 20.9. The first-order valence-corrected chi connectivity index (χ1v) is 10.6. The molecule has 0 fully saturated rings. The van der Waals surface area contributed by atoms with E-state index in [-0.39, 0.29) is 12.4 Å². The van der Waals surface area contributed by atoms with Crippen LogP contribution in [-0.4, -0.2) is 25.0 Å². The molecule has 0 atom stereocenters. The number of benzene rings is 2. The molecule has 4 aromatic rings. The van der Waals surface area contributed by atoms with Crippen LogP contribution in [0.2, 0.25) is 0 Å². The molecule has 2 aromatic heterocycles. The van der Waals surface area contributed by atoms with Gasteiger partial charge in [-0.05, 0) is 23.6 Å². The van der Waals surface area contributed by atoms with Crippen LogP contribution in [0.1, 0.15) is 37.0 Å². The standard InChI is InChI=1S/C21H21FN6O2S/c1-13(2)14-7-9-15(10-8-14)20-24-19(30-27-20)12-31-21-26-25-18(28(21)23)11-29-17-6-4-3-5-16(17)22/h3-10,13H,11-12,23H2,1-2H3. The molecule has 0 aliphatic rings. The average Bonchev–Trinajstić information content (AvgIpc) is 3.38. The third kappa shape index (κ3) is 4.85. The lowest BCUT2D eigenvalue weighted by Gasteiger charge is -2.06. The highest BCUT2D eigenvalue weighted by Gasteiger charge is 2.15. The van der Waals surface area contributed by atoms with Crippen molar-refractivity contribution in [2.75, 3.05) is 5.84 Å². The zero-order valence-corrected chi connectivity index (χ0v) is 17.8. The quantitative estimate of drug-likeness (QED) is 0.321. The van der Waals surface area contributed by atoms with Gasteiger partial charge in [0.05, 0.1) is 5.75 Å². The monoisotopic (exact) mass is 440 g/mol. The lowest BCUT2D eigenvalue weighted by atomic mass is 10.0. The summed E-state index contributed by atoms with van der Waals surface area (Å²) in [5, 5.41) is 12.5. The van der Waals surface area contributed by atoms with E-state index in [0.717, 1.165) is 5.56 Å². The van der Waals surface area contributed by atoms with Crippen LogP contribution in [-0.2, 0) is 12.4 Å². The molecule has 160 valence electrons. The van der Waals surface area contributed by atoms with Gasteiger partial charge in [0.2, 0.25) is 16.9 Å². The van der Waals surface area contributed by atoms with Crippen LogP contribution in [0.15, 0.2) is 58.2 Å². The Hall–Kier alpha value is -3.40. The number of ether oxygens (including phenoxy) is 1. The largest absolute Gasteiger partial charge is 0.482 e. The topological polar surface area (TPSA) is 105 Å². The predicted molar refractivity (Wildman–Crippen MR) is 114 cm³/mol. The van der Waals surface area contributed by atoms with E-state index in [1.165, 1.54) is 34.1 Å². The number of thioether (sulfide) groups is 1. The second-order valence-corrected chi connectivity index (χ2v) is 8.01. The van der Waals surface area contributed by atoms with Crippen LogP contribution < -0.4 is 10.6 Å². The van der Waals surface area contributed by atoms with E-state index in [0.29, 0.717) is 34.4 Å². The van der Waals surface area contributed by atoms with Gasteiger partial charge in [0.25, 0.3) is 0 Å². The summed E-state index contributed by atoms with van der Waals surface area (Å²) < 4.78 is 25.7. The number of hydrogen-bond donors (Lipinski definition) is 1. The molecule has 0 saturated carbocycles. The molecule has 0 amide bonds. The van der Waals surface area contributed by atoms with Crippen molar-refractivity contribution in [1.29, 1.82) is 0 Å². The van der Waals surface area contributed by atoms with Gasteiger partial charge in [-0.1, -0.05) is 67.2 Å². The summed E-state index contributed by atoms with van der Waals surface area (Å²) >= 11 is 1.30. The van der Waals surface area contributed by atoms with Crippen molar-refractivity contribution >= 4 is 11.8 Å². The maximum atomic E-state index is 13.7. The second kappa shape index (κ2) is 9.17. The maximum Gasteiger partial charge on any atom is 0.237 e. The van der Waals surface area contributed by atoms with Gasteiger partial charge in [0.1, 0.15) is 6.61 Å². The molecule has 0 spiro atoms. The number of hydrogen-bond acceptors (Lipinski definition) is 8. The Morgan fingerprint density at radius 3 is 2.65 bits per heavy atom. The van der Waals surface area contributed by atoms with Crippen LogP contribution >= 0.6 is 11.8 Å². The molecule has 0 unspecified atom stereocenters. The summed E-state index contributed by atoms with van der Waals surface area (Å²) in [6.45, 7) is 4.28. The molecule has 8 nitrogen and oxygen atoms in total. The maximum absolute atomic E-state index is 13.7. The Kier molecular flexibility index (Phi) is 6.17. The minimum atomic E-state index is -0.453. The molecule has 0 aliphatic carbocycles. The lowest BCUT2D eigenvalue weighted by molar-refractivity contribution is 0.277. The summed E-state index contributed by atoms with van der Waals surface area (Å²) in [4.78, 5) is 4.43. The van der Waals surface area contributed by atoms with E-state index >= 15 is 0 Å². The zero-order valence-electron chi connectivity index (χ0n) is 17.0. The number of para-hydroxylation sites is 1. The van der Waals surface area contributed by atoms with E-state index in [1.807, 2.05) is 12.1 Å². The third-order valence-electron chi connectivity index (χ3n) is 4.56. The lowest BCUT2D eigenvalue weighted by Crippen LogP contribution is -2.16. The molecule has 0 aliphatic heterocycles. The Morgan fingerprint density at radius 2 is 1.90 bits per heavy atom. The zero-order chi connectivity index (χ0) is 21.8. The molecular formula is C21H21FN6O2S. The third-order valence-corrected chi connectivity index (χ3v) is 5.48. The van der Waals surface area contributed by atoms with Gasteiger partial charge in [0.15, 0.2) is 17.4 Å². The van der Waals surface area contributed by atoms with Crippen molar-refractivity contribution in [3.05, 3.63) is 71.6 Å². The normalized spacial score (nSPS) is 11.2. The van der Waals surface area contributed by atoms with Crippen molar-refractivity contribution in [3.8, 4) is 17.1 Å². The van der Waals surface area contributed by atoms with E-state index in [1.54, 1.807) is 12.1 Å². The van der Waals surface area contributed by atoms with Gasteiger partial charge in [-0.3, -0.25) is 0 Å². The summed E-state index contributed by atoms with van der Waals surface area (Å²) in [6, 6.07) is 14.2. The number of nitrogen functional groups attached to an aromatic ring is 1. The number of aromatic nitrogens is 5. The van der Waals surface area contributed by atoms with Crippen LogP contribution in [0.4, 0.5) is 4.39 Å². The van der Waals surface area contributed by atoms with E-state index in [9.17, 15) is 4.39 Å². The van der Waals surface area contributed by atoms with E-state index in [2.05, 4.69) is 46.3 Å². The molecule has 2 aromatic carbocycles. The fourth-order valence-electron chi connectivity index (χ4n) is 2.78. The molecule has 4 rings (SSSR count). The van der Waals surface area contributed by atoms with Gasteiger partial charge in [0, 0.05) is 5.56 Å². The van der Waals surface area contributed by atoms with Crippen LogP contribution in [0, 0.1) is 5.82 Å². The number of rotatable bonds is 8. The molecule has 31 heavy (non-hydrogen) atoms. The summed E-state index contributed by atoms with van der Waals surface area (Å²) in [5.41, 5.74) is 2.14. The summed E-state index contributed by atoms with van der Waals surface area (Å²) in [7, 11) is 0. The first-order valence-electron chi connectivity index (χ1n) is 9.63. The Labute approximate surface area is 182 Å². The first-order chi connectivity index (χ1) is 15.0. The Bertz CT molecular complexity index is 1160. The summed E-state index contributed by atoms with van der Waals surface area (Å²) in [6.07, 6.45) is 0. The van der Waals surface area contributed by atoms with Crippen molar-refractivity contribution in [2.45, 2.75) is 37.3 Å². The Balaban J connectivity index is 1.36. The summed E-state index contributed by atoms with van der Waals surface area (Å²) in [5.74, 6) is 7.88. The SMILES string of the molecule is CC(C)c1ccc(-c2noc(CSc3nnc(COc4ccccc4F)n3N)n2)cc1. The predicted octanol–water partition coefficient (Wildman–Crippen LogP) is 4.18. The molecule has 0 radical (unpaired) electrons. The minimum Gasteiger partial charge on any atom is -0.482 e. The molecule has 0 bridgehead atoms. The highest BCUT2D eigenvalue weighted by atomic mass is 32.2. The smallest absolute Gasteiger partial charge is 0.237 e. The van der Waals surface area contributed by atoms with Gasteiger partial charge in [-0.15, -0.1) is 10.2 Å². The van der Waals surface area contributed by atoms with Gasteiger partial charge >= 0.3 is 0 Å². The molecule has 10 heteroatoms. The highest BCUT2D eigenvalue weighted by Crippen LogP contribution is 2.24. The molecule has 0 saturated heterocycles. The molecule has 2 heterocycles. The van der Waals surface area contributed by atoms with Crippen molar-refractivity contribution in [2.24, 2.45) is 0 Å². The van der Waals surface area contributed by atoms with Crippen LogP contribution in [0.5, 0.6) is 5.75 Å². The van der Waals surface area contributed by atoms with E-state index < -0.39 is 5.82 Å². The highest BCUT2D eigenvalue weighted by molar-refractivity contribution is 7.98. The van der Waals surface area contributed by atoms with Crippen molar-refractivity contribution in [1.82, 2.24) is 25.0 Å². The fraction of sp³-hybridized carbons (Fsp3) is 0.238. The minimum absolute atomic E-state index is 0.0118. The Morgan fingerprint density at radius 1 is 1.13 bits per heavy atom. The van der Waals surface area contributed by atoms with Gasteiger partial charge in [-0.2, -0.15) is 4.98 Å². The second-order valence-electron chi connectivity index (χ2n) is 7.07. The number of nitrogens with two attached hydrogens (primary N) is 1. The molecular weight excluding hydrogens is 419 g/mol. The van der Waals surface area contributed by atoms with Crippen LogP contribution in [0.25, 0.3) is 11.4 Å².